The summed E-state index contributed by atoms with van der Waals surface area (Å²) in [6, 6.07) is -0.478. The first-order valence-corrected chi connectivity index (χ1v) is 11.3. The lowest BCUT2D eigenvalue weighted by molar-refractivity contribution is -0.131. The lowest BCUT2D eigenvalue weighted by Gasteiger charge is -2.20. The highest BCUT2D eigenvalue weighted by Crippen LogP contribution is 2.19. The third kappa shape index (κ3) is 7.68. The van der Waals surface area contributed by atoms with E-state index in [2.05, 4.69) is 34.7 Å². The van der Waals surface area contributed by atoms with Crippen LogP contribution in [-0.4, -0.2) is 56.4 Å². The zero-order valence-corrected chi connectivity index (χ0v) is 18.4. The number of carbonyl (C=O) groups excluding carboxylic acids is 3. The molecule has 162 valence electrons. The largest absolute Gasteiger partial charge is 0.338 e. The zero-order valence-electron chi connectivity index (χ0n) is 17.6. The Morgan fingerprint density at radius 2 is 2.00 bits per heavy atom. The van der Waals surface area contributed by atoms with Gasteiger partial charge in [-0.15, -0.1) is 10.2 Å². The molecule has 1 fully saturated rings. The van der Waals surface area contributed by atoms with E-state index >= 15 is 0 Å². The van der Waals surface area contributed by atoms with Crippen LogP contribution in [0.25, 0.3) is 0 Å². The Morgan fingerprint density at radius 1 is 1.21 bits per heavy atom. The predicted octanol–water partition coefficient (Wildman–Crippen LogP) is 2.16. The van der Waals surface area contributed by atoms with Crippen molar-refractivity contribution in [2.75, 3.05) is 18.8 Å². The second-order valence-corrected chi connectivity index (χ2v) is 8.49. The topological polar surface area (TPSA) is 109 Å². The molecule has 0 atom stereocenters. The lowest BCUT2D eigenvalue weighted by Crippen LogP contribution is -2.40. The number of thioether (sulfide) groups is 1. The monoisotopic (exact) mass is 424 g/mol. The molecule has 1 aliphatic heterocycles. The van der Waals surface area contributed by atoms with E-state index in [0.29, 0.717) is 37.1 Å². The summed E-state index contributed by atoms with van der Waals surface area (Å²) in [7, 11) is 0. The van der Waals surface area contributed by atoms with Crippen LogP contribution in [0.1, 0.15) is 58.7 Å². The highest BCUT2D eigenvalue weighted by molar-refractivity contribution is 7.99. The summed E-state index contributed by atoms with van der Waals surface area (Å²) in [5.74, 6) is 1.05. The van der Waals surface area contributed by atoms with E-state index in [0.717, 1.165) is 38.1 Å². The molecule has 9 nitrogen and oxygen atoms in total. The SMILES string of the molecule is CCn1c(CN2CCCCCC2=O)nnc1SCC(=O)NC(=O)NCCC(C)C. The van der Waals surface area contributed by atoms with Gasteiger partial charge in [0.2, 0.25) is 11.8 Å². The molecule has 2 rings (SSSR count). The smallest absolute Gasteiger partial charge is 0.321 e. The quantitative estimate of drug-likeness (QED) is 0.588. The van der Waals surface area contributed by atoms with Crippen LogP contribution in [0.15, 0.2) is 5.16 Å². The van der Waals surface area contributed by atoms with Crippen molar-refractivity contribution in [2.45, 2.75) is 71.1 Å². The molecule has 0 aliphatic carbocycles. The third-order valence-corrected chi connectivity index (χ3v) is 5.67. The summed E-state index contributed by atoms with van der Waals surface area (Å²) in [6.07, 6.45) is 4.47. The molecule has 0 unspecified atom stereocenters. The summed E-state index contributed by atoms with van der Waals surface area (Å²) in [4.78, 5) is 37.8. The van der Waals surface area contributed by atoms with Crippen molar-refractivity contribution in [1.29, 1.82) is 0 Å². The number of carbonyl (C=O) groups is 3. The summed E-state index contributed by atoms with van der Waals surface area (Å²) in [6.45, 7) is 8.47. The maximum atomic E-state index is 12.2. The van der Waals surface area contributed by atoms with Gasteiger partial charge < -0.3 is 14.8 Å². The van der Waals surface area contributed by atoms with Crippen molar-refractivity contribution in [2.24, 2.45) is 5.92 Å². The van der Waals surface area contributed by atoms with Gasteiger partial charge in [-0.2, -0.15) is 0 Å². The van der Waals surface area contributed by atoms with Gasteiger partial charge in [0.25, 0.3) is 0 Å². The van der Waals surface area contributed by atoms with Crippen molar-refractivity contribution < 1.29 is 14.4 Å². The van der Waals surface area contributed by atoms with Crippen molar-refractivity contribution in [3.8, 4) is 0 Å². The molecule has 0 bridgehead atoms. The van der Waals surface area contributed by atoms with Gasteiger partial charge in [0.1, 0.15) is 0 Å². The van der Waals surface area contributed by atoms with E-state index in [-0.39, 0.29) is 17.6 Å². The number of amides is 4. The molecule has 1 aromatic rings. The van der Waals surface area contributed by atoms with E-state index in [4.69, 9.17) is 0 Å². The van der Waals surface area contributed by atoms with Crippen LogP contribution in [-0.2, 0) is 22.7 Å². The van der Waals surface area contributed by atoms with Gasteiger partial charge in [-0.25, -0.2) is 4.79 Å². The van der Waals surface area contributed by atoms with E-state index in [1.54, 1.807) is 0 Å². The maximum absolute atomic E-state index is 12.2. The number of hydrogen-bond donors (Lipinski definition) is 2. The normalized spacial score (nSPS) is 14.8. The number of hydrogen-bond acceptors (Lipinski definition) is 6. The Labute approximate surface area is 176 Å². The summed E-state index contributed by atoms with van der Waals surface area (Å²) in [5, 5.41) is 14.0. The van der Waals surface area contributed by atoms with Crippen LogP contribution in [0.3, 0.4) is 0 Å². The number of urea groups is 1. The van der Waals surface area contributed by atoms with E-state index in [1.807, 2.05) is 16.4 Å². The molecule has 2 N–H and O–H groups in total. The van der Waals surface area contributed by atoms with Crippen molar-refractivity contribution in [3.63, 3.8) is 0 Å². The first-order chi connectivity index (χ1) is 13.9. The highest BCUT2D eigenvalue weighted by Gasteiger charge is 2.21. The molecule has 1 saturated heterocycles. The van der Waals surface area contributed by atoms with Gasteiger partial charge in [-0.1, -0.05) is 32.0 Å². The van der Waals surface area contributed by atoms with Gasteiger partial charge in [0.15, 0.2) is 11.0 Å². The summed E-state index contributed by atoms with van der Waals surface area (Å²) < 4.78 is 1.92. The molecule has 29 heavy (non-hydrogen) atoms. The average molecular weight is 425 g/mol. The standard InChI is InChI=1S/C19H32N6O3S/c1-4-25-15(12-24-11-7-5-6-8-17(24)27)22-23-19(25)29-13-16(26)21-18(28)20-10-9-14(2)3/h14H,4-13H2,1-3H3,(H2,20,21,26,28). The molecule has 0 spiro atoms. The molecule has 4 amide bonds. The minimum absolute atomic E-state index is 0.0678. The second kappa shape index (κ2) is 11.8. The highest BCUT2D eigenvalue weighted by atomic mass is 32.2. The van der Waals surface area contributed by atoms with Crippen LogP contribution < -0.4 is 10.6 Å². The molecular formula is C19H32N6O3S. The average Bonchev–Trinajstić information content (AvgIpc) is 2.94. The van der Waals surface area contributed by atoms with E-state index in [9.17, 15) is 14.4 Å². The number of aromatic nitrogens is 3. The minimum Gasteiger partial charge on any atom is -0.338 e. The van der Waals surface area contributed by atoms with E-state index in [1.165, 1.54) is 11.8 Å². The predicted molar refractivity (Wildman–Crippen MR) is 111 cm³/mol. The van der Waals surface area contributed by atoms with Crippen LogP contribution in [0.2, 0.25) is 0 Å². The fraction of sp³-hybridized carbons (Fsp3) is 0.737. The van der Waals surface area contributed by atoms with E-state index < -0.39 is 6.03 Å². The lowest BCUT2D eigenvalue weighted by atomic mass is 10.1. The van der Waals surface area contributed by atoms with Gasteiger partial charge in [0, 0.05) is 26.1 Å². The minimum atomic E-state index is -0.478. The maximum Gasteiger partial charge on any atom is 0.321 e. The van der Waals surface area contributed by atoms with Gasteiger partial charge in [-0.05, 0) is 32.1 Å². The molecule has 0 radical (unpaired) electrons. The Hall–Kier alpha value is -2.10. The van der Waals surface area contributed by atoms with Gasteiger partial charge in [0.05, 0.1) is 12.3 Å². The first-order valence-electron chi connectivity index (χ1n) is 10.3. The molecule has 2 heterocycles. The van der Waals surface area contributed by atoms with Crippen molar-refractivity contribution in [3.05, 3.63) is 5.82 Å². The summed E-state index contributed by atoms with van der Waals surface area (Å²) >= 11 is 1.23. The Kier molecular flexibility index (Phi) is 9.43. The van der Waals surface area contributed by atoms with Crippen LogP contribution in [0.5, 0.6) is 0 Å². The van der Waals surface area contributed by atoms with Crippen LogP contribution in [0, 0.1) is 5.92 Å². The van der Waals surface area contributed by atoms with Crippen molar-refractivity contribution >= 4 is 29.6 Å². The Bertz CT molecular complexity index is 706. The summed E-state index contributed by atoms with van der Waals surface area (Å²) in [5.41, 5.74) is 0. The molecule has 10 heteroatoms. The molecule has 1 aromatic heterocycles. The van der Waals surface area contributed by atoms with Gasteiger partial charge in [-0.3, -0.25) is 14.9 Å². The molecule has 0 aromatic carbocycles. The third-order valence-electron chi connectivity index (χ3n) is 4.71. The van der Waals surface area contributed by atoms with Crippen LogP contribution >= 0.6 is 11.8 Å². The number of nitrogens with zero attached hydrogens (tertiary/aromatic N) is 4. The fourth-order valence-electron chi connectivity index (χ4n) is 3.05. The number of imide groups is 1. The van der Waals surface area contributed by atoms with Crippen LogP contribution in [0.4, 0.5) is 4.79 Å². The number of nitrogens with one attached hydrogen (secondary N) is 2. The molecular weight excluding hydrogens is 392 g/mol. The molecule has 0 saturated carbocycles. The Balaban J connectivity index is 1.85. The zero-order chi connectivity index (χ0) is 21.2. The van der Waals surface area contributed by atoms with Crippen molar-refractivity contribution in [1.82, 2.24) is 30.3 Å². The number of rotatable bonds is 9. The Morgan fingerprint density at radius 3 is 2.72 bits per heavy atom. The first kappa shape index (κ1) is 23.2. The second-order valence-electron chi connectivity index (χ2n) is 7.54. The number of likely N-dealkylation sites (tertiary alicyclic amines) is 1. The van der Waals surface area contributed by atoms with Gasteiger partial charge >= 0.3 is 6.03 Å². The fourth-order valence-corrected chi connectivity index (χ4v) is 3.87. The molecule has 1 aliphatic rings.